The van der Waals surface area contributed by atoms with Gasteiger partial charge in [-0.15, -0.1) is 0 Å². The number of rotatable bonds is 9. The quantitative estimate of drug-likeness (QED) is 0.526. The maximum atomic E-state index is 10.8. The third-order valence-electron chi connectivity index (χ3n) is 4.40. The van der Waals surface area contributed by atoms with Crippen molar-refractivity contribution in [2.75, 3.05) is 6.61 Å². The van der Waals surface area contributed by atoms with E-state index in [1.165, 1.54) is 6.20 Å². The van der Waals surface area contributed by atoms with Gasteiger partial charge < -0.3 is 9.30 Å². The van der Waals surface area contributed by atoms with Crippen LogP contribution in [-0.4, -0.2) is 39.5 Å². The molecule has 3 aromatic heterocycles. The van der Waals surface area contributed by atoms with E-state index >= 15 is 0 Å². The molecule has 0 fully saturated rings. The number of nitrogens with one attached hydrogen (secondary N) is 1. The van der Waals surface area contributed by atoms with Crippen LogP contribution >= 0.6 is 0 Å². The molecule has 3 aromatic rings. The Morgan fingerprint density at radius 1 is 1.14 bits per heavy atom. The number of hydrogen-bond donors (Lipinski definition) is 2. The van der Waals surface area contributed by atoms with Crippen LogP contribution in [0.15, 0.2) is 24.4 Å². The van der Waals surface area contributed by atoms with Crippen molar-refractivity contribution in [3.05, 3.63) is 30.1 Å². The van der Waals surface area contributed by atoms with Crippen LogP contribution in [0.2, 0.25) is 0 Å². The van der Waals surface area contributed by atoms with Crippen LogP contribution in [0.25, 0.3) is 22.8 Å². The summed E-state index contributed by atoms with van der Waals surface area (Å²) in [6.07, 6.45) is 3.31. The molecule has 0 aliphatic heterocycles. The van der Waals surface area contributed by atoms with Gasteiger partial charge in [0.05, 0.1) is 25.0 Å². The molecule has 150 valence electrons. The van der Waals surface area contributed by atoms with Crippen LogP contribution in [0.1, 0.15) is 45.3 Å². The fraction of sp³-hybridized carbons (Fsp3) is 0.444. The summed E-state index contributed by atoms with van der Waals surface area (Å²) in [5.74, 6) is 1.21. The number of nitrogens with zero attached hydrogens (tertiary/aromatic N) is 5. The Morgan fingerprint density at radius 3 is 2.61 bits per heavy atom. The summed E-state index contributed by atoms with van der Waals surface area (Å²) >= 11 is 0. The normalized spacial score (nSPS) is 11.6. The molecule has 0 amide bonds. The second-order valence-electron chi connectivity index (χ2n) is 6.17. The zero-order valence-corrected chi connectivity index (χ0v) is 17.0. The van der Waals surface area contributed by atoms with Gasteiger partial charge in [-0.05, 0) is 25.8 Å². The predicted molar refractivity (Wildman–Crippen MR) is 106 cm³/mol. The Hall–Kier alpha value is -2.59. The molecule has 0 spiro atoms. The molecule has 9 nitrogen and oxygen atoms in total. The molecule has 0 saturated carbocycles. The average Bonchev–Trinajstić information content (AvgIpc) is 3.07. The van der Waals surface area contributed by atoms with Gasteiger partial charge in [-0.25, -0.2) is 33.1 Å². The average molecular weight is 404 g/mol. The van der Waals surface area contributed by atoms with Gasteiger partial charge in [0.2, 0.25) is 16.8 Å². The lowest BCUT2D eigenvalue weighted by atomic mass is 10.1. The van der Waals surface area contributed by atoms with Crippen LogP contribution in [0.4, 0.5) is 0 Å². The van der Waals surface area contributed by atoms with Crippen LogP contribution in [0, 0.1) is 0 Å². The summed E-state index contributed by atoms with van der Waals surface area (Å²) in [5, 5.41) is 0. The molecule has 0 aliphatic rings. The Bertz CT molecular complexity index is 1020. The van der Waals surface area contributed by atoms with Crippen LogP contribution in [0.3, 0.4) is 0 Å². The van der Waals surface area contributed by atoms with E-state index in [1.54, 1.807) is 0 Å². The summed E-state index contributed by atoms with van der Waals surface area (Å²) < 4.78 is 31.6. The summed E-state index contributed by atoms with van der Waals surface area (Å²) in [7, 11) is -2.70. The van der Waals surface area contributed by atoms with Gasteiger partial charge in [0.1, 0.15) is 5.69 Å². The molecule has 0 aromatic carbocycles. The second-order valence-corrected chi connectivity index (χ2v) is 7.00. The van der Waals surface area contributed by atoms with Gasteiger partial charge in [-0.1, -0.05) is 19.9 Å². The minimum absolute atomic E-state index is 0.0865. The first-order valence-electron chi connectivity index (χ1n) is 9.29. The van der Waals surface area contributed by atoms with Gasteiger partial charge >= 0.3 is 0 Å². The van der Waals surface area contributed by atoms with Gasteiger partial charge in [0, 0.05) is 12.1 Å². The highest BCUT2D eigenvalue weighted by Gasteiger charge is 2.21. The molecule has 10 heteroatoms. The van der Waals surface area contributed by atoms with Crippen molar-refractivity contribution in [3.8, 4) is 17.4 Å². The lowest BCUT2D eigenvalue weighted by molar-refractivity contribution is 0.327. The molecule has 0 unspecified atom stereocenters. The highest BCUT2D eigenvalue weighted by molar-refractivity contribution is 7.70. The third kappa shape index (κ3) is 4.28. The summed E-state index contributed by atoms with van der Waals surface area (Å²) in [6, 6.07) is 5.73. The van der Waals surface area contributed by atoms with Crippen LogP contribution in [0.5, 0.6) is 5.88 Å². The first kappa shape index (κ1) is 20.2. The van der Waals surface area contributed by atoms with E-state index in [0.717, 1.165) is 12.8 Å². The van der Waals surface area contributed by atoms with E-state index in [9.17, 15) is 8.42 Å². The van der Waals surface area contributed by atoms with E-state index in [0.29, 0.717) is 41.0 Å². The molecule has 3 heterocycles. The largest absolute Gasteiger partial charge is 0.478 e. The van der Waals surface area contributed by atoms with Crippen LogP contribution in [-0.2, 0) is 17.4 Å². The lowest BCUT2D eigenvalue weighted by Crippen LogP contribution is -2.14. The Labute approximate surface area is 165 Å². The number of ether oxygens (including phenoxy) is 1. The van der Waals surface area contributed by atoms with E-state index in [4.69, 9.17) is 4.74 Å². The van der Waals surface area contributed by atoms with Crippen molar-refractivity contribution in [1.82, 2.24) is 29.2 Å². The lowest BCUT2D eigenvalue weighted by Gasteiger charge is -2.18. The number of hydrogen-bond acceptors (Lipinski definition) is 7. The number of fused-ring (bicyclic) bond motifs is 1. The molecule has 0 aliphatic carbocycles. The van der Waals surface area contributed by atoms with Crippen molar-refractivity contribution in [1.29, 1.82) is 0 Å². The Kier molecular flexibility index (Phi) is 6.53. The molecule has 0 atom stereocenters. The van der Waals surface area contributed by atoms with Gasteiger partial charge in [-0.3, -0.25) is 0 Å². The maximum Gasteiger partial charge on any atom is 0.213 e. The summed E-state index contributed by atoms with van der Waals surface area (Å²) in [6.45, 7) is 6.74. The first-order chi connectivity index (χ1) is 13.6. The highest BCUT2D eigenvalue weighted by Crippen LogP contribution is 2.29. The second kappa shape index (κ2) is 9.07. The first-order valence-corrected chi connectivity index (χ1v) is 10.5. The van der Waals surface area contributed by atoms with Crippen LogP contribution < -0.4 is 9.46 Å². The fourth-order valence-corrected chi connectivity index (χ4v) is 3.37. The van der Waals surface area contributed by atoms with Crippen molar-refractivity contribution in [2.45, 2.75) is 46.2 Å². The predicted octanol–water partition coefficient (Wildman–Crippen LogP) is 2.26. The maximum absolute atomic E-state index is 10.8. The summed E-state index contributed by atoms with van der Waals surface area (Å²) in [5.41, 5.74) is 2.33. The van der Waals surface area contributed by atoms with Crippen molar-refractivity contribution >= 4 is 22.2 Å². The number of thiol groups is 1. The topological polar surface area (TPSA) is 112 Å². The van der Waals surface area contributed by atoms with Gasteiger partial charge in [-0.2, -0.15) is 0 Å². The highest BCUT2D eigenvalue weighted by atomic mass is 32.2. The van der Waals surface area contributed by atoms with Gasteiger partial charge in [0.15, 0.2) is 17.1 Å². The zero-order valence-electron chi connectivity index (χ0n) is 16.1. The third-order valence-corrected chi connectivity index (χ3v) is 4.81. The van der Waals surface area contributed by atoms with E-state index in [1.807, 2.05) is 29.7 Å². The van der Waals surface area contributed by atoms with E-state index in [2.05, 4.69) is 38.5 Å². The minimum atomic E-state index is -2.70. The number of aromatic nitrogens is 5. The van der Waals surface area contributed by atoms with Crippen molar-refractivity contribution < 1.29 is 13.2 Å². The SMILES string of the molecule is CCOc1cccc(-c2nc3ncc(CN[SH](=O)=O)nc3n2C(CC)CC)n1. The smallest absolute Gasteiger partial charge is 0.213 e. The fourth-order valence-electron chi connectivity index (χ4n) is 3.08. The molecule has 28 heavy (non-hydrogen) atoms. The molecular formula is C18H24N6O3S. The van der Waals surface area contributed by atoms with Crippen molar-refractivity contribution in [2.24, 2.45) is 0 Å². The molecule has 3 rings (SSSR count). The molecule has 0 saturated heterocycles. The minimum Gasteiger partial charge on any atom is -0.478 e. The Morgan fingerprint density at radius 2 is 1.93 bits per heavy atom. The Balaban J connectivity index is 2.15. The molecular weight excluding hydrogens is 380 g/mol. The number of pyridine rings is 1. The summed E-state index contributed by atoms with van der Waals surface area (Å²) in [4.78, 5) is 18.2. The van der Waals surface area contributed by atoms with Gasteiger partial charge in [0.25, 0.3) is 0 Å². The van der Waals surface area contributed by atoms with E-state index in [-0.39, 0.29) is 12.6 Å². The number of imidazole rings is 1. The molecule has 0 radical (unpaired) electrons. The monoisotopic (exact) mass is 404 g/mol. The van der Waals surface area contributed by atoms with E-state index < -0.39 is 10.9 Å². The molecule has 1 N–H and O–H groups in total. The standard InChI is InChI=1S/C18H24N6O3S/c1-4-13(5-2)24-17(14-8-7-9-15(22-14)27-6-3)23-16-18(24)21-12(10-19-16)11-20-28(25)26/h7-10,13,28H,4-6,11H2,1-3H3,(H,20,25,26). The zero-order chi connectivity index (χ0) is 20.1. The molecule has 0 bridgehead atoms. The van der Waals surface area contributed by atoms with Crippen molar-refractivity contribution in [3.63, 3.8) is 0 Å².